The number of allylic oxidation sites excluding steroid dienone is 1. The maximum atomic E-state index is 13.3. The zero-order chi connectivity index (χ0) is 24.8. The molecular formula is C28H43NO3S. The number of esters is 1. The Hall–Kier alpha value is -1.75. The van der Waals surface area contributed by atoms with Crippen LogP contribution in [0.5, 0.6) is 0 Å². The second-order valence-corrected chi connectivity index (χ2v) is 11.8. The van der Waals surface area contributed by atoms with E-state index < -0.39 is 5.41 Å². The Balaban J connectivity index is 2.27. The molecule has 0 saturated carbocycles. The fourth-order valence-corrected chi connectivity index (χ4v) is 5.15. The molecule has 0 unspecified atom stereocenters. The summed E-state index contributed by atoms with van der Waals surface area (Å²) in [6.07, 6.45) is 8.58. The number of carbonyl (C=O) groups excluding carboxylic acids is 2. The topological polar surface area (TPSA) is 56.3 Å². The molecule has 4 nitrogen and oxygen atoms in total. The number of ether oxygens (including phenoxy) is 1. The third kappa shape index (κ3) is 8.20. The number of carbonyl (C=O) groups is 2. The predicted molar refractivity (Wildman–Crippen MR) is 138 cm³/mol. The molecule has 1 aromatic rings. The van der Waals surface area contributed by atoms with Crippen molar-refractivity contribution in [2.45, 2.75) is 100 Å². The summed E-state index contributed by atoms with van der Waals surface area (Å²) in [5.41, 5.74) is 2.68. The fraction of sp³-hybridized carbons (Fsp3) is 0.679. The van der Waals surface area contributed by atoms with E-state index in [0.29, 0.717) is 24.7 Å². The lowest BCUT2D eigenvalue weighted by molar-refractivity contribution is -0.148. The molecule has 33 heavy (non-hydrogen) atoms. The molecule has 0 N–H and O–H groups in total. The van der Waals surface area contributed by atoms with Crippen molar-refractivity contribution in [2.24, 2.45) is 23.2 Å². The van der Waals surface area contributed by atoms with Gasteiger partial charge in [-0.1, -0.05) is 52.7 Å². The zero-order valence-electron chi connectivity index (χ0n) is 21.9. The molecule has 0 spiro atoms. The monoisotopic (exact) mass is 473 g/mol. The molecule has 0 amide bonds. The number of ketones is 1. The maximum Gasteiger partial charge on any atom is 0.306 e. The summed E-state index contributed by atoms with van der Waals surface area (Å²) < 4.78 is 5.95. The number of hydrogen-bond acceptors (Lipinski definition) is 5. The van der Waals surface area contributed by atoms with Gasteiger partial charge >= 0.3 is 5.97 Å². The average molecular weight is 474 g/mol. The first-order valence-corrected chi connectivity index (χ1v) is 13.3. The standard InChI is InChI=1S/C28H43NO3S/c1-18-10-9-11-19(2)21(4)22(5)27(31)28(7,8)15-14-26(30)32-25(13-12-18)20(3)16-24-17-33-23(6)29-24/h12,16-17,19,21-22,25H,9-11,13-15H2,1-8H3/b18-12-,20-16+/t19-,21-,22+,25-/m0/s1. The van der Waals surface area contributed by atoms with E-state index in [1.54, 1.807) is 11.3 Å². The van der Waals surface area contributed by atoms with Gasteiger partial charge < -0.3 is 4.74 Å². The first-order chi connectivity index (χ1) is 15.4. The lowest BCUT2D eigenvalue weighted by Gasteiger charge is -2.32. The van der Waals surface area contributed by atoms with Crippen molar-refractivity contribution < 1.29 is 14.3 Å². The number of nitrogens with zero attached hydrogens (tertiary/aromatic N) is 1. The van der Waals surface area contributed by atoms with Gasteiger partial charge in [-0.15, -0.1) is 11.3 Å². The predicted octanol–water partition coefficient (Wildman–Crippen LogP) is 7.57. The van der Waals surface area contributed by atoms with Gasteiger partial charge in [0.15, 0.2) is 0 Å². The lowest BCUT2D eigenvalue weighted by Crippen LogP contribution is -2.35. The van der Waals surface area contributed by atoms with E-state index >= 15 is 0 Å². The molecular weight excluding hydrogens is 430 g/mol. The Kier molecular flexibility index (Phi) is 10.1. The zero-order valence-corrected chi connectivity index (χ0v) is 22.7. The smallest absolute Gasteiger partial charge is 0.306 e. The van der Waals surface area contributed by atoms with Gasteiger partial charge in [-0.3, -0.25) is 9.59 Å². The number of rotatable bonds is 2. The normalized spacial score (nSPS) is 30.4. The van der Waals surface area contributed by atoms with Crippen molar-refractivity contribution in [2.75, 3.05) is 0 Å². The van der Waals surface area contributed by atoms with Gasteiger partial charge in [0.25, 0.3) is 0 Å². The lowest BCUT2D eigenvalue weighted by atomic mass is 9.71. The molecule has 0 saturated heterocycles. The molecule has 5 heteroatoms. The Morgan fingerprint density at radius 3 is 2.52 bits per heavy atom. The highest BCUT2D eigenvalue weighted by Gasteiger charge is 2.35. The Morgan fingerprint density at radius 2 is 1.88 bits per heavy atom. The molecule has 2 heterocycles. The molecule has 184 valence electrons. The van der Waals surface area contributed by atoms with E-state index in [9.17, 15) is 9.59 Å². The van der Waals surface area contributed by atoms with Crippen LogP contribution in [0.4, 0.5) is 0 Å². The van der Waals surface area contributed by atoms with Crippen LogP contribution in [-0.4, -0.2) is 22.8 Å². The summed E-state index contributed by atoms with van der Waals surface area (Å²) in [7, 11) is 0. The van der Waals surface area contributed by atoms with Crippen LogP contribution in [0.1, 0.15) is 97.7 Å². The van der Waals surface area contributed by atoms with Crippen LogP contribution in [0, 0.1) is 30.1 Å². The fourth-order valence-electron chi connectivity index (χ4n) is 4.58. The highest BCUT2D eigenvalue weighted by molar-refractivity contribution is 7.09. The number of cyclic esters (lactones) is 1. The van der Waals surface area contributed by atoms with Crippen molar-refractivity contribution in [1.29, 1.82) is 0 Å². The van der Waals surface area contributed by atoms with Crippen LogP contribution >= 0.6 is 11.3 Å². The van der Waals surface area contributed by atoms with E-state index in [1.807, 2.05) is 39.2 Å². The summed E-state index contributed by atoms with van der Waals surface area (Å²) in [6, 6.07) is 0. The Labute approximate surface area is 204 Å². The second-order valence-electron chi connectivity index (χ2n) is 10.7. The van der Waals surface area contributed by atoms with E-state index in [1.165, 1.54) is 5.57 Å². The summed E-state index contributed by atoms with van der Waals surface area (Å²) in [5, 5.41) is 3.04. The largest absolute Gasteiger partial charge is 0.457 e. The average Bonchev–Trinajstić information content (AvgIpc) is 3.17. The minimum atomic E-state index is -0.543. The van der Waals surface area contributed by atoms with Gasteiger partial charge in [0.2, 0.25) is 0 Å². The van der Waals surface area contributed by atoms with Crippen LogP contribution < -0.4 is 0 Å². The van der Waals surface area contributed by atoms with Crippen molar-refractivity contribution in [1.82, 2.24) is 4.98 Å². The third-order valence-corrected chi connectivity index (χ3v) is 8.22. The molecule has 2 rings (SSSR count). The van der Waals surface area contributed by atoms with Gasteiger partial charge in [0.1, 0.15) is 11.9 Å². The van der Waals surface area contributed by atoms with Gasteiger partial charge in [-0.25, -0.2) is 4.98 Å². The van der Waals surface area contributed by atoms with Crippen LogP contribution in [0.15, 0.2) is 22.6 Å². The minimum Gasteiger partial charge on any atom is -0.457 e. The number of aryl methyl sites for hydroxylation is 1. The van der Waals surface area contributed by atoms with Crippen molar-refractivity contribution in [3.63, 3.8) is 0 Å². The van der Waals surface area contributed by atoms with E-state index in [2.05, 4.69) is 38.8 Å². The highest BCUT2D eigenvalue weighted by Crippen LogP contribution is 2.34. The van der Waals surface area contributed by atoms with E-state index in [4.69, 9.17) is 4.74 Å². The van der Waals surface area contributed by atoms with Gasteiger partial charge in [-0.2, -0.15) is 0 Å². The van der Waals surface area contributed by atoms with Crippen LogP contribution in [0.3, 0.4) is 0 Å². The number of aromatic nitrogens is 1. The molecule has 0 aromatic carbocycles. The first-order valence-electron chi connectivity index (χ1n) is 12.4. The first kappa shape index (κ1) is 27.5. The quantitative estimate of drug-likeness (QED) is 0.328. The molecule has 1 aromatic heterocycles. The van der Waals surface area contributed by atoms with Gasteiger partial charge in [-0.05, 0) is 63.5 Å². The summed E-state index contributed by atoms with van der Waals surface area (Å²) in [5.74, 6) is 0.812. The SMILES string of the molecule is C/C1=C/C[C@@H](/C(C)=C/c2csc(C)n2)OC(=O)CCC(C)(C)C(=O)[C@H](C)[C@@H](C)[C@@H](C)CCC1. The van der Waals surface area contributed by atoms with Crippen molar-refractivity contribution >= 4 is 29.2 Å². The summed E-state index contributed by atoms with van der Waals surface area (Å²) in [6.45, 7) is 16.6. The molecule has 0 aliphatic carbocycles. The molecule has 1 aliphatic rings. The highest BCUT2D eigenvalue weighted by atomic mass is 32.1. The van der Waals surface area contributed by atoms with Crippen LogP contribution in [0.25, 0.3) is 6.08 Å². The number of Topliss-reactive ketones (excluding diaryl/α,β-unsaturated/α-hetero) is 1. The Morgan fingerprint density at radius 1 is 1.18 bits per heavy atom. The molecule has 4 atom stereocenters. The molecule has 0 fully saturated rings. The maximum absolute atomic E-state index is 13.3. The molecule has 1 aliphatic heterocycles. The Bertz CT molecular complexity index is 879. The number of hydrogen-bond donors (Lipinski definition) is 0. The van der Waals surface area contributed by atoms with Gasteiger partial charge in [0.05, 0.1) is 10.7 Å². The van der Waals surface area contributed by atoms with Gasteiger partial charge in [0, 0.05) is 29.6 Å². The minimum absolute atomic E-state index is 0.0185. The van der Waals surface area contributed by atoms with Crippen LogP contribution in [-0.2, 0) is 14.3 Å². The summed E-state index contributed by atoms with van der Waals surface area (Å²) >= 11 is 1.61. The number of thiazole rings is 1. The molecule has 0 bridgehead atoms. The van der Waals surface area contributed by atoms with E-state index in [-0.39, 0.29) is 30.2 Å². The molecule has 0 radical (unpaired) electrons. The summed E-state index contributed by atoms with van der Waals surface area (Å²) in [4.78, 5) is 30.6. The van der Waals surface area contributed by atoms with E-state index in [0.717, 1.165) is 35.5 Å². The van der Waals surface area contributed by atoms with Crippen molar-refractivity contribution in [3.05, 3.63) is 33.3 Å². The second kappa shape index (κ2) is 12.1. The third-order valence-electron chi connectivity index (χ3n) is 7.43. The van der Waals surface area contributed by atoms with Crippen molar-refractivity contribution in [3.8, 4) is 0 Å². The van der Waals surface area contributed by atoms with Crippen LogP contribution in [0.2, 0.25) is 0 Å².